The summed E-state index contributed by atoms with van der Waals surface area (Å²) in [6, 6.07) is 3.83. The van der Waals surface area contributed by atoms with E-state index in [-0.39, 0.29) is 6.79 Å². The number of nitrogen functional groups attached to an aromatic ring is 1. The monoisotopic (exact) mass is 505 g/mol. The average Bonchev–Trinajstić information content (AvgIpc) is 3.41. The van der Waals surface area contributed by atoms with E-state index in [9.17, 15) is 4.79 Å². The van der Waals surface area contributed by atoms with Crippen LogP contribution in [-0.4, -0.2) is 46.1 Å². The number of nitrogens with zero attached hydrogens (tertiary/aromatic N) is 4. The summed E-state index contributed by atoms with van der Waals surface area (Å²) < 4.78 is 13.8. The molecule has 2 aliphatic heterocycles. The van der Waals surface area contributed by atoms with Gasteiger partial charge < -0.3 is 25.1 Å². The number of hydrogen-bond acceptors (Lipinski definition) is 7. The molecular weight excluding hydrogens is 484 g/mol. The quantitative estimate of drug-likeness (QED) is 0.391. The molecular formula is C20H22BrN6O3S+. The number of hydrogen-bond donors (Lipinski definition) is 2. The highest BCUT2D eigenvalue weighted by Gasteiger charge is 2.24. The minimum absolute atomic E-state index is 0.230. The second-order valence-corrected chi connectivity index (χ2v) is 9.58. The summed E-state index contributed by atoms with van der Waals surface area (Å²) in [5.41, 5.74) is 7.61. The highest BCUT2D eigenvalue weighted by molar-refractivity contribution is 9.10. The van der Waals surface area contributed by atoms with E-state index in [2.05, 4.69) is 25.9 Å². The number of imidazole rings is 1. The number of amides is 1. The highest BCUT2D eigenvalue weighted by Crippen LogP contribution is 2.42. The van der Waals surface area contributed by atoms with Gasteiger partial charge in [0.25, 0.3) is 5.65 Å². The Morgan fingerprint density at radius 2 is 2.23 bits per heavy atom. The molecule has 0 aliphatic carbocycles. The van der Waals surface area contributed by atoms with E-state index in [0.717, 1.165) is 77.3 Å². The van der Waals surface area contributed by atoms with Crippen molar-refractivity contribution >= 4 is 51.1 Å². The summed E-state index contributed by atoms with van der Waals surface area (Å²) in [6.45, 7) is 2.67. The number of halogens is 1. The Balaban J connectivity index is 1.37. The number of aromatic nitrogens is 4. The number of piperidine rings is 1. The van der Waals surface area contributed by atoms with Gasteiger partial charge in [-0.15, -0.1) is 0 Å². The van der Waals surface area contributed by atoms with Crippen LogP contribution in [0.3, 0.4) is 0 Å². The molecule has 1 aromatic carbocycles. The fourth-order valence-corrected chi connectivity index (χ4v) is 5.40. The summed E-state index contributed by atoms with van der Waals surface area (Å²) >= 11 is 5.07. The van der Waals surface area contributed by atoms with E-state index in [0.29, 0.717) is 16.9 Å². The molecule has 0 saturated carbocycles. The average molecular weight is 506 g/mol. The van der Waals surface area contributed by atoms with Crippen molar-refractivity contribution < 1.29 is 18.8 Å². The first kappa shape index (κ1) is 20.4. The third-order valence-electron chi connectivity index (χ3n) is 5.64. The molecule has 1 unspecified atom stereocenters. The summed E-state index contributed by atoms with van der Waals surface area (Å²) in [4.78, 5) is 26.3. The van der Waals surface area contributed by atoms with Crippen LogP contribution < -0.4 is 19.8 Å². The maximum absolute atomic E-state index is 11.1. The number of anilines is 1. The van der Waals surface area contributed by atoms with Gasteiger partial charge in [-0.1, -0.05) is 9.97 Å². The SMILES string of the molecule is Nc1nc[n+](CCC2CCCN(C=O)C2)c2nc(Sc3cc4c(cc3Br)OCO4)[nH]c12. The maximum Gasteiger partial charge on any atom is 0.294 e. The van der Waals surface area contributed by atoms with Crippen molar-refractivity contribution in [3.05, 3.63) is 22.9 Å². The number of benzene rings is 1. The van der Waals surface area contributed by atoms with Gasteiger partial charge in [0.05, 0.1) is 6.54 Å². The Bertz CT molecular complexity index is 1140. The summed E-state index contributed by atoms with van der Waals surface area (Å²) in [5.74, 6) is 2.34. The molecule has 1 atom stereocenters. The van der Waals surface area contributed by atoms with Gasteiger partial charge in [-0.3, -0.25) is 4.79 Å². The molecule has 4 heterocycles. The lowest BCUT2D eigenvalue weighted by molar-refractivity contribution is -0.677. The third-order valence-corrected chi connectivity index (χ3v) is 7.50. The summed E-state index contributed by atoms with van der Waals surface area (Å²) in [6.07, 6.45) is 5.84. The largest absolute Gasteiger partial charge is 0.454 e. The number of nitrogens with one attached hydrogen (secondary N) is 1. The number of H-pyrrole nitrogens is 1. The molecule has 1 saturated heterocycles. The number of carbonyl (C=O) groups is 1. The summed E-state index contributed by atoms with van der Waals surface area (Å²) in [7, 11) is 0. The van der Waals surface area contributed by atoms with Crippen LogP contribution in [0.2, 0.25) is 0 Å². The normalized spacial score (nSPS) is 18.0. The van der Waals surface area contributed by atoms with Gasteiger partial charge in [0, 0.05) is 22.5 Å². The van der Waals surface area contributed by atoms with Crippen LogP contribution in [0.25, 0.3) is 11.2 Å². The Morgan fingerprint density at radius 1 is 1.39 bits per heavy atom. The molecule has 3 aromatic rings. The van der Waals surface area contributed by atoms with E-state index in [1.54, 1.807) is 6.33 Å². The molecule has 11 heteroatoms. The molecule has 1 amide bonds. The number of rotatable bonds is 6. The van der Waals surface area contributed by atoms with Gasteiger partial charge in [0.15, 0.2) is 17.0 Å². The van der Waals surface area contributed by atoms with Crippen molar-refractivity contribution in [2.75, 3.05) is 25.6 Å². The number of fused-ring (bicyclic) bond motifs is 2. The molecule has 2 aromatic heterocycles. The molecule has 31 heavy (non-hydrogen) atoms. The molecule has 0 radical (unpaired) electrons. The minimum atomic E-state index is 0.230. The first-order valence-corrected chi connectivity index (χ1v) is 11.7. The van der Waals surface area contributed by atoms with Gasteiger partial charge in [-0.05, 0) is 65.0 Å². The molecule has 0 spiro atoms. The number of nitrogens with two attached hydrogens (primary N) is 1. The number of aryl methyl sites for hydroxylation is 1. The molecule has 5 rings (SSSR count). The molecule has 3 N–H and O–H groups in total. The predicted molar refractivity (Wildman–Crippen MR) is 118 cm³/mol. The van der Waals surface area contributed by atoms with Crippen LogP contribution in [0.15, 0.2) is 33.0 Å². The van der Waals surface area contributed by atoms with Crippen LogP contribution >= 0.6 is 27.7 Å². The topological polar surface area (TPSA) is 110 Å². The predicted octanol–water partition coefficient (Wildman–Crippen LogP) is 2.73. The highest BCUT2D eigenvalue weighted by atomic mass is 79.9. The number of ether oxygens (including phenoxy) is 2. The molecule has 1 fully saturated rings. The Kier molecular flexibility index (Phi) is 5.61. The fourth-order valence-electron chi connectivity index (χ4n) is 4.02. The van der Waals surface area contributed by atoms with Crippen LogP contribution in [0.1, 0.15) is 19.3 Å². The van der Waals surface area contributed by atoms with Crippen LogP contribution in [-0.2, 0) is 11.3 Å². The van der Waals surface area contributed by atoms with Crippen LogP contribution in [0.4, 0.5) is 5.82 Å². The number of likely N-dealkylation sites (tertiary alicyclic amines) is 1. The zero-order chi connectivity index (χ0) is 21.4. The van der Waals surface area contributed by atoms with Crippen molar-refractivity contribution in [2.45, 2.75) is 35.9 Å². The lowest BCUT2D eigenvalue weighted by Gasteiger charge is -2.29. The zero-order valence-corrected chi connectivity index (χ0v) is 19.1. The van der Waals surface area contributed by atoms with E-state index in [4.69, 9.17) is 20.2 Å². The van der Waals surface area contributed by atoms with E-state index in [1.165, 1.54) is 11.8 Å². The minimum Gasteiger partial charge on any atom is -0.454 e. The van der Waals surface area contributed by atoms with Crippen molar-refractivity contribution in [3.8, 4) is 11.5 Å². The molecule has 0 bridgehead atoms. The number of carbonyl (C=O) groups excluding carboxylic acids is 1. The first-order valence-electron chi connectivity index (χ1n) is 10.1. The lowest BCUT2D eigenvalue weighted by Crippen LogP contribution is -2.40. The Morgan fingerprint density at radius 3 is 3.06 bits per heavy atom. The van der Waals surface area contributed by atoms with Gasteiger partial charge in [0.2, 0.25) is 30.5 Å². The number of aromatic amines is 1. The molecule has 2 aliphatic rings. The van der Waals surface area contributed by atoms with Crippen molar-refractivity contribution in [3.63, 3.8) is 0 Å². The van der Waals surface area contributed by atoms with Gasteiger partial charge in [0.1, 0.15) is 0 Å². The van der Waals surface area contributed by atoms with Crippen molar-refractivity contribution in [2.24, 2.45) is 5.92 Å². The van der Waals surface area contributed by atoms with Crippen LogP contribution in [0.5, 0.6) is 11.5 Å². The first-order chi connectivity index (χ1) is 15.1. The Labute approximate surface area is 191 Å². The second kappa shape index (κ2) is 8.54. The standard InChI is InChI=1S/C20H21BrN6O3S/c21-13-6-14-15(30-11-29-14)7-16(13)31-20-24-17-18(22)23-9-27(19(17)25-20)5-3-12-2-1-4-26(8-12)10-28/h6-7,9-10,12H,1-5,8,11H2,(H2,22,24,25)/p+1. The maximum atomic E-state index is 11.1. The third kappa shape index (κ3) is 4.16. The van der Waals surface area contributed by atoms with Crippen LogP contribution in [0, 0.1) is 5.92 Å². The van der Waals surface area contributed by atoms with E-state index in [1.807, 2.05) is 21.6 Å². The van der Waals surface area contributed by atoms with Crippen molar-refractivity contribution in [1.82, 2.24) is 19.9 Å². The smallest absolute Gasteiger partial charge is 0.294 e. The zero-order valence-electron chi connectivity index (χ0n) is 16.7. The molecule has 9 nitrogen and oxygen atoms in total. The van der Waals surface area contributed by atoms with Gasteiger partial charge in [-0.2, -0.15) is 0 Å². The van der Waals surface area contributed by atoms with Crippen molar-refractivity contribution in [1.29, 1.82) is 0 Å². The lowest BCUT2D eigenvalue weighted by atomic mass is 9.95. The van der Waals surface area contributed by atoms with Gasteiger partial charge in [-0.25, -0.2) is 4.57 Å². The van der Waals surface area contributed by atoms with E-state index >= 15 is 0 Å². The Hall–Kier alpha value is -2.53. The van der Waals surface area contributed by atoms with E-state index < -0.39 is 0 Å². The molecule has 162 valence electrons. The second-order valence-electron chi connectivity index (χ2n) is 7.70. The summed E-state index contributed by atoms with van der Waals surface area (Å²) in [5, 5.41) is 0.716. The fraction of sp³-hybridized carbons (Fsp3) is 0.400. The van der Waals surface area contributed by atoms with Gasteiger partial charge >= 0.3 is 0 Å².